The molecule has 0 aliphatic heterocycles. The number of amides is 1. The van der Waals surface area contributed by atoms with Crippen molar-refractivity contribution in [2.75, 3.05) is 13.6 Å². The first kappa shape index (κ1) is 22.7. The number of nitrogens with zero attached hydrogens (tertiary/aromatic N) is 5. The van der Waals surface area contributed by atoms with Crippen molar-refractivity contribution in [2.45, 2.75) is 12.6 Å². The minimum atomic E-state index is -5.08. The van der Waals surface area contributed by atoms with Gasteiger partial charge in [-0.05, 0) is 24.3 Å². The number of H-pyrrole nitrogens is 1. The van der Waals surface area contributed by atoms with Crippen molar-refractivity contribution in [3.63, 3.8) is 0 Å². The van der Waals surface area contributed by atoms with Crippen molar-refractivity contribution in [3.05, 3.63) is 60.2 Å². The van der Waals surface area contributed by atoms with E-state index < -0.39 is 12.1 Å². The van der Waals surface area contributed by atoms with Gasteiger partial charge in [0.2, 0.25) is 5.78 Å². The second-order valence-corrected chi connectivity index (χ2v) is 6.58. The number of rotatable bonds is 4. The lowest BCUT2D eigenvalue weighted by Crippen LogP contribution is -2.29. The third-order valence-corrected chi connectivity index (χ3v) is 4.22. The summed E-state index contributed by atoms with van der Waals surface area (Å²) in [5, 5.41) is 7.12. The Kier molecular flexibility index (Phi) is 6.37. The summed E-state index contributed by atoms with van der Waals surface area (Å²) >= 11 is 0. The monoisotopic (exact) mass is 452 g/mol. The van der Waals surface area contributed by atoms with Crippen LogP contribution in [0.2, 0.25) is 0 Å². The van der Waals surface area contributed by atoms with E-state index in [4.69, 9.17) is 9.90 Å². The van der Waals surface area contributed by atoms with Gasteiger partial charge in [-0.25, -0.2) is 24.1 Å². The first-order valence-corrected chi connectivity index (χ1v) is 9.04. The summed E-state index contributed by atoms with van der Waals surface area (Å²) in [7, 11) is 1.71. The molecule has 32 heavy (non-hydrogen) atoms. The largest absolute Gasteiger partial charge is 0.490 e. The van der Waals surface area contributed by atoms with Gasteiger partial charge in [0.25, 0.3) is 5.91 Å². The summed E-state index contributed by atoms with van der Waals surface area (Å²) in [6.07, 6.45) is 0.527. The van der Waals surface area contributed by atoms with Crippen LogP contribution in [0.25, 0.3) is 16.8 Å². The Bertz CT molecular complexity index is 1230. The molecule has 0 aliphatic rings. The molecule has 0 saturated heterocycles. The van der Waals surface area contributed by atoms with E-state index in [9.17, 15) is 22.4 Å². The number of carbonyl (C=O) groups is 2. The van der Waals surface area contributed by atoms with Gasteiger partial charge in [-0.15, -0.1) is 0 Å². The Labute approximate surface area is 177 Å². The zero-order valence-corrected chi connectivity index (χ0v) is 16.5. The molecular weight excluding hydrogens is 436 g/mol. The van der Waals surface area contributed by atoms with E-state index in [1.54, 1.807) is 47.1 Å². The summed E-state index contributed by atoms with van der Waals surface area (Å²) in [5.41, 5.74) is 1.69. The van der Waals surface area contributed by atoms with E-state index in [1.807, 2.05) is 0 Å². The number of aromatic nitrogens is 5. The van der Waals surface area contributed by atoms with Crippen molar-refractivity contribution in [1.29, 1.82) is 0 Å². The molecule has 3 aromatic heterocycles. The minimum absolute atomic E-state index is 0.187. The first-order valence-electron chi connectivity index (χ1n) is 9.04. The molecule has 1 aromatic carbocycles. The van der Waals surface area contributed by atoms with Crippen molar-refractivity contribution < 1.29 is 32.3 Å². The standard InChI is InChI=1S/C17H15FN6O.C2HF3O2/c1-23(16(25)14-10-24-7-2-6-19-17(24)22-14)8-5-15-20-12-4-3-11(18)9-13(12)21-15;3-2(4,5)1(6)7/h2-4,6-7,9-10H,5,8H2,1H3,(H,20,21);(H,6,7). The predicted octanol–water partition coefficient (Wildman–Crippen LogP) is 2.69. The number of aliphatic carboxylic acids is 1. The first-order chi connectivity index (χ1) is 15.0. The molecule has 3 heterocycles. The Morgan fingerprint density at radius 1 is 1.25 bits per heavy atom. The molecular formula is C19H16F4N6O3. The molecule has 0 unspecified atom stereocenters. The number of likely N-dealkylation sites (N-methyl/N-ethyl adjacent to an activating group) is 1. The smallest absolute Gasteiger partial charge is 0.475 e. The lowest BCUT2D eigenvalue weighted by atomic mass is 10.3. The van der Waals surface area contributed by atoms with Gasteiger partial charge >= 0.3 is 12.1 Å². The van der Waals surface area contributed by atoms with Crippen LogP contribution in [0, 0.1) is 5.82 Å². The summed E-state index contributed by atoms with van der Waals surface area (Å²) in [6.45, 7) is 0.461. The highest BCUT2D eigenvalue weighted by molar-refractivity contribution is 5.92. The number of fused-ring (bicyclic) bond motifs is 2. The van der Waals surface area contributed by atoms with E-state index in [2.05, 4.69) is 19.9 Å². The highest BCUT2D eigenvalue weighted by Crippen LogP contribution is 2.14. The molecule has 0 aliphatic carbocycles. The van der Waals surface area contributed by atoms with E-state index in [0.717, 1.165) is 0 Å². The van der Waals surface area contributed by atoms with Crippen LogP contribution in [-0.4, -0.2) is 66.0 Å². The number of carboxylic acid groups (broad SMARTS) is 1. The molecule has 9 nitrogen and oxygen atoms in total. The zero-order chi connectivity index (χ0) is 23.5. The highest BCUT2D eigenvalue weighted by atomic mass is 19.4. The summed E-state index contributed by atoms with van der Waals surface area (Å²) in [5.74, 6) is -2.06. The van der Waals surface area contributed by atoms with Crippen LogP contribution in [0.15, 0.2) is 42.9 Å². The fourth-order valence-corrected chi connectivity index (χ4v) is 2.66. The number of hydrogen-bond donors (Lipinski definition) is 2. The predicted molar refractivity (Wildman–Crippen MR) is 103 cm³/mol. The Morgan fingerprint density at radius 2 is 1.97 bits per heavy atom. The number of halogens is 4. The number of imidazole rings is 2. The summed E-state index contributed by atoms with van der Waals surface area (Å²) in [4.78, 5) is 38.8. The van der Waals surface area contributed by atoms with Crippen molar-refractivity contribution >= 4 is 28.7 Å². The molecule has 0 atom stereocenters. The van der Waals surface area contributed by atoms with Gasteiger partial charge in [0, 0.05) is 38.6 Å². The molecule has 0 spiro atoms. The fraction of sp³-hybridized carbons (Fsp3) is 0.211. The van der Waals surface area contributed by atoms with Crippen LogP contribution < -0.4 is 0 Å². The van der Waals surface area contributed by atoms with E-state index in [0.29, 0.717) is 41.3 Å². The number of aromatic amines is 1. The summed E-state index contributed by atoms with van der Waals surface area (Å²) in [6, 6.07) is 6.19. The van der Waals surface area contributed by atoms with Crippen LogP contribution in [0.3, 0.4) is 0 Å². The number of nitrogens with one attached hydrogen (secondary N) is 1. The molecule has 4 aromatic rings. The van der Waals surface area contributed by atoms with Gasteiger partial charge < -0.3 is 15.0 Å². The third-order valence-electron chi connectivity index (χ3n) is 4.22. The molecule has 168 valence electrons. The van der Waals surface area contributed by atoms with Crippen molar-refractivity contribution in [1.82, 2.24) is 29.2 Å². The van der Waals surface area contributed by atoms with E-state index in [-0.39, 0.29) is 11.7 Å². The average molecular weight is 452 g/mol. The molecule has 13 heteroatoms. The van der Waals surface area contributed by atoms with Gasteiger partial charge in [-0.2, -0.15) is 13.2 Å². The molecule has 0 saturated carbocycles. The second kappa shape index (κ2) is 8.99. The van der Waals surface area contributed by atoms with Crippen molar-refractivity contribution in [2.24, 2.45) is 0 Å². The maximum Gasteiger partial charge on any atom is 0.490 e. The number of carbonyl (C=O) groups excluding carboxylic acids is 1. The van der Waals surface area contributed by atoms with Gasteiger partial charge in [0.05, 0.1) is 11.0 Å². The molecule has 2 N–H and O–H groups in total. The van der Waals surface area contributed by atoms with Crippen LogP contribution in [0.1, 0.15) is 16.3 Å². The maximum atomic E-state index is 13.2. The van der Waals surface area contributed by atoms with Gasteiger partial charge in [0.1, 0.15) is 17.3 Å². The molecule has 0 fully saturated rings. The molecule has 0 radical (unpaired) electrons. The number of carboxylic acids is 1. The highest BCUT2D eigenvalue weighted by Gasteiger charge is 2.38. The average Bonchev–Trinajstić information content (AvgIpc) is 3.34. The Balaban J connectivity index is 0.000000360. The van der Waals surface area contributed by atoms with E-state index >= 15 is 0 Å². The number of alkyl halides is 3. The maximum absolute atomic E-state index is 13.2. The second-order valence-electron chi connectivity index (χ2n) is 6.58. The lowest BCUT2D eigenvalue weighted by Gasteiger charge is -2.14. The Morgan fingerprint density at radius 3 is 2.62 bits per heavy atom. The lowest BCUT2D eigenvalue weighted by molar-refractivity contribution is -0.192. The summed E-state index contributed by atoms with van der Waals surface area (Å²) < 4.78 is 46.7. The molecule has 0 bridgehead atoms. The minimum Gasteiger partial charge on any atom is -0.475 e. The van der Waals surface area contributed by atoms with Crippen LogP contribution in [0.5, 0.6) is 0 Å². The third kappa shape index (κ3) is 5.36. The van der Waals surface area contributed by atoms with Crippen LogP contribution in [-0.2, 0) is 11.2 Å². The Hall–Kier alpha value is -4.03. The topological polar surface area (TPSA) is 116 Å². The number of hydrogen-bond acceptors (Lipinski definition) is 5. The number of benzene rings is 1. The molecule has 1 amide bonds. The fourth-order valence-electron chi connectivity index (χ4n) is 2.66. The quantitative estimate of drug-likeness (QED) is 0.460. The van der Waals surface area contributed by atoms with Gasteiger partial charge in [0.15, 0.2) is 0 Å². The van der Waals surface area contributed by atoms with E-state index in [1.165, 1.54) is 12.1 Å². The van der Waals surface area contributed by atoms with Gasteiger partial charge in [-0.3, -0.25) is 9.20 Å². The normalized spacial score (nSPS) is 11.3. The SMILES string of the molecule is CN(CCc1nc2ccc(F)cc2[nH]1)C(=O)c1cn2cccnc2n1.O=C(O)C(F)(F)F. The molecule has 4 rings (SSSR count). The van der Waals surface area contributed by atoms with Crippen LogP contribution in [0.4, 0.5) is 17.6 Å². The zero-order valence-electron chi connectivity index (χ0n) is 16.5. The van der Waals surface area contributed by atoms with Crippen LogP contribution >= 0.6 is 0 Å². The van der Waals surface area contributed by atoms with Crippen molar-refractivity contribution in [3.8, 4) is 0 Å². The van der Waals surface area contributed by atoms with Gasteiger partial charge in [-0.1, -0.05) is 0 Å².